The maximum atomic E-state index is 15.4. The summed E-state index contributed by atoms with van der Waals surface area (Å²) < 4.78 is 42.7. The van der Waals surface area contributed by atoms with E-state index in [1.807, 2.05) is 31.2 Å². The highest BCUT2D eigenvalue weighted by molar-refractivity contribution is 5.96. The highest BCUT2D eigenvalue weighted by Gasteiger charge is 2.33. The zero-order valence-corrected chi connectivity index (χ0v) is 31.0. The number of methoxy groups -OCH3 is 1. The summed E-state index contributed by atoms with van der Waals surface area (Å²) in [5.74, 6) is -0.260. The summed E-state index contributed by atoms with van der Waals surface area (Å²) in [6.45, 7) is 8.95. The molecular formula is C41H48F2N7O4+. The molecule has 3 aromatic carbocycles. The molecule has 11 nitrogen and oxygen atoms in total. The van der Waals surface area contributed by atoms with Gasteiger partial charge in [0.1, 0.15) is 5.75 Å². The number of likely N-dealkylation sites (tertiary alicyclic amines) is 1. The van der Waals surface area contributed by atoms with Gasteiger partial charge in [-0.05, 0) is 73.3 Å². The van der Waals surface area contributed by atoms with E-state index in [2.05, 4.69) is 37.7 Å². The number of hydrogen-bond acceptors (Lipinski definition) is 8. The molecule has 0 radical (unpaired) electrons. The molecule has 1 atom stereocenters. The van der Waals surface area contributed by atoms with E-state index >= 15 is 8.78 Å². The first-order chi connectivity index (χ1) is 26.2. The van der Waals surface area contributed by atoms with Gasteiger partial charge in [0.15, 0.2) is 23.0 Å². The van der Waals surface area contributed by atoms with Gasteiger partial charge < -0.3 is 29.9 Å². The second-order valence-electron chi connectivity index (χ2n) is 14.2. The molecule has 1 unspecified atom stereocenters. The lowest BCUT2D eigenvalue weighted by Crippen LogP contribution is -2.53. The van der Waals surface area contributed by atoms with Gasteiger partial charge in [-0.2, -0.15) is 4.39 Å². The second kappa shape index (κ2) is 17.6. The molecular weight excluding hydrogens is 692 g/mol. The second-order valence-corrected chi connectivity index (χ2v) is 14.2. The van der Waals surface area contributed by atoms with Crippen LogP contribution in [0.3, 0.4) is 0 Å². The van der Waals surface area contributed by atoms with Crippen molar-refractivity contribution in [2.24, 2.45) is 11.8 Å². The van der Waals surface area contributed by atoms with Crippen molar-refractivity contribution in [2.45, 2.75) is 32.6 Å². The van der Waals surface area contributed by atoms with Gasteiger partial charge in [0.2, 0.25) is 5.82 Å². The number of para-hydroxylation sites is 1. The number of ether oxygens (including phenoxy) is 2. The molecule has 2 saturated heterocycles. The number of piperidine rings is 1. The van der Waals surface area contributed by atoms with E-state index < -0.39 is 11.6 Å². The Morgan fingerprint density at radius 2 is 1.81 bits per heavy atom. The minimum absolute atomic E-state index is 0.0409. The van der Waals surface area contributed by atoms with E-state index in [4.69, 9.17) is 9.53 Å². The Kier molecular flexibility index (Phi) is 12.5. The van der Waals surface area contributed by atoms with Crippen LogP contribution < -0.4 is 20.7 Å². The van der Waals surface area contributed by atoms with Gasteiger partial charge in [0.25, 0.3) is 12.4 Å². The maximum absolute atomic E-state index is 15.4. The number of quaternary nitrogens is 1. The van der Waals surface area contributed by atoms with E-state index in [1.165, 1.54) is 38.4 Å². The molecule has 13 heteroatoms. The minimum atomic E-state index is -1.08. The fraction of sp³-hybridized carbons (Fsp3) is 0.366. The van der Waals surface area contributed by atoms with Gasteiger partial charge in [-0.1, -0.05) is 25.1 Å². The van der Waals surface area contributed by atoms with Crippen LogP contribution in [0.15, 0.2) is 79.3 Å². The van der Waals surface area contributed by atoms with E-state index in [-0.39, 0.29) is 17.2 Å². The number of rotatable bonds is 12. The van der Waals surface area contributed by atoms with Gasteiger partial charge in [-0.3, -0.25) is 14.0 Å². The molecule has 2 fully saturated rings. The van der Waals surface area contributed by atoms with Crippen molar-refractivity contribution in [1.82, 2.24) is 25.0 Å². The first kappa shape index (κ1) is 38.3. The lowest BCUT2D eigenvalue weighted by molar-refractivity contribution is -0.918. The predicted molar refractivity (Wildman–Crippen MR) is 204 cm³/mol. The molecule has 2 aromatic heterocycles. The van der Waals surface area contributed by atoms with Crippen LogP contribution >= 0.6 is 0 Å². The third kappa shape index (κ3) is 9.03. The summed E-state index contributed by atoms with van der Waals surface area (Å²) in [5, 5.41) is 10.0. The summed E-state index contributed by atoms with van der Waals surface area (Å²) in [6, 6.07) is 17.2. The Hall–Kier alpha value is -5.40. The highest BCUT2D eigenvalue weighted by Crippen LogP contribution is 2.34. The minimum Gasteiger partial charge on any atom is -0.471 e. The van der Waals surface area contributed by atoms with Gasteiger partial charge >= 0.3 is 0 Å². The summed E-state index contributed by atoms with van der Waals surface area (Å²) in [5.41, 5.74) is 3.16. The van der Waals surface area contributed by atoms with Gasteiger partial charge in [0.05, 0.1) is 45.7 Å². The van der Waals surface area contributed by atoms with Crippen LogP contribution in [0.5, 0.6) is 11.5 Å². The first-order valence-electron chi connectivity index (χ1n) is 18.4. The maximum Gasteiger partial charge on any atom is 0.292 e. The molecule has 3 N–H and O–H groups in total. The predicted octanol–water partition coefficient (Wildman–Crippen LogP) is 6.76. The summed E-state index contributed by atoms with van der Waals surface area (Å²) >= 11 is 0. The van der Waals surface area contributed by atoms with Gasteiger partial charge in [-0.15, -0.1) is 0 Å². The van der Waals surface area contributed by atoms with Crippen LogP contribution in [0.4, 0.5) is 20.3 Å². The third-order valence-electron chi connectivity index (χ3n) is 10.4. The van der Waals surface area contributed by atoms with E-state index in [9.17, 15) is 4.79 Å². The number of aromatic nitrogens is 3. The van der Waals surface area contributed by atoms with E-state index in [0.29, 0.717) is 53.8 Å². The molecule has 284 valence electrons. The number of imidazole rings is 1. The molecule has 0 spiro atoms. The van der Waals surface area contributed by atoms with Gasteiger partial charge in [0, 0.05) is 61.1 Å². The smallest absolute Gasteiger partial charge is 0.292 e. The molecule has 54 heavy (non-hydrogen) atoms. The number of anilines is 2. The topological polar surface area (TPSA) is 119 Å². The Morgan fingerprint density at radius 1 is 1.04 bits per heavy atom. The standard InChI is InChI=1S/C39H43F2N7O2.C2H4O2/c1-3-28-21-29(9-10-31(28)39(49)45-23-26-14-19-48(2,20-15-26)25-27-13-16-42-22-27)46-37-38-44-24-33(47(38)18-17-43-37)32-11-12-34(36(41)35(32)40)50-30-7-5-4-6-8-30;1-4-2-3/h4-12,17-18,21,24,26-27,42H,3,13-16,19-20,22-23,25H2,1-2H3,(H-,43,45,46,49);2H,1H3/p+1. The first-order valence-corrected chi connectivity index (χ1v) is 18.4. The summed E-state index contributed by atoms with van der Waals surface area (Å²) in [6.07, 6.45) is 8.92. The van der Waals surface area contributed by atoms with Crippen molar-refractivity contribution in [1.29, 1.82) is 0 Å². The lowest BCUT2D eigenvalue weighted by atomic mass is 9.93. The monoisotopic (exact) mass is 740 g/mol. The molecule has 2 aliphatic rings. The Labute approximate surface area is 314 Å². The molecule has 2 aliphatic heterocycles. The van der Waals surface area contributed by atoms with Crippen molar-refractivity contribution < 1.29 is 32.3 Å². The van der Waals surface area contributed by atoms with Crippen LogP contribution in [0.2, 0.25) is 0 Å². The Balaban J connectivity index is 0.00000119. The van der Waals surface area contributed by atoms with Crippen LogP contribution in [0, 0.1) is 23.5 Å². The molecule has 5 aromatic rings. The zero-order valence-electron chi connectivity index (χ0n) is 31.0. The number of hydrogen-bond donors (Lipinski definition) is 3. The van der Waals surface area contributed by atoms with Crippen molar-refractivity contribution in [3.63, 3.8) is 0 Å². The number of nitrogens with one attached hydrogen (secondary N) is 3. The number of benzene rings is 3. The van der Waals surface area contributed by atoms with Crippen molar-refractivity contribution in [3.8, 4) is 22.8 Å². The number of amides is 1. The van der Waals surface area contributed by atoms with Crippen LogP contribution in [0.1, 0.15) is 42.1 Å². The Bertz CT molecular complexity index is 2040. The molecule has 0 saturated carbocycles. The number of aryl methyl sites for hydroxylation is 1. The van der Waals surface area contributed by atoms with Crippen LogP contribution in [0.25, 0.3) is 16.9 Å². The zero-order chi connectivity index (χ0) is 38.1. The number of carbonyl (C=O) groups is 2. The molecule has 1 amide bonds. The molecule has 0 bridgehead atoms. The van der Waals surface area contributed by atoms with E-state index in [0.717, 1.165) is 60.7 Å². The average molecular weight is 741 g/mol. The van der Waals surface area contributed by atoms with E-state index in [1.54, 1.807) is 41.1 Å². The number of halogens is 2. The fourth-order valence-corrected chi connectivity index (χ4v) is 7.41. The molecule has 0 aliphatic carbocycles. The number of fused-ring (bicyclic) bond motifs is 1. The largest absolute Gasteiger partial charge is 0.471 e. The van der Waals surface area contributed by atoms with Crippen molar-refractivity contribution in [3.05, 3.63) is 102 Å². The van der Waals surface area contributed by atoms with Crippen molar-refractivity contribution >= 4 is 29.5 Å². The normalized spacial score (nSPS) is 19.4. The highest BCUT2D eigenvalue weighted by atomic mass is 19.2. The SMILES string of the molecule is CCc1cc(Nc2nccn3c(-c4ccc(Oc5ccccc5)c(F)c4F)cnc23)ccc1C(=O)NCC1CC[N+](C)(CC2CCNC2)CC1.COC=O. The van der Waals surface area contributed by atoms with Crippen molar-refractivity contribution in [2.75, 3.05) is 58.7 Å². The van der Waals surface area contributed by atoms with Crippen LogP contribution in [-0.4, -0.2) is 84.7 Å². The number of carbonyl (C=O) groups excluding carboxylic acids is 2. The molecule has 7 rings (SSSR count). The number of nitrogens with zero attached hydrogens (tertiary/aromatic N) is 4. The summed E-state index contributed by atoms with van der Waals surface area (Å²) in [7, 11) is 3.70. The quantitative estimate of drug-likeness (QED) is 0.0950. The van der Waals surface area contributed by atoms with Gasteiger partial charge in [-0.25, -0.2) is 14.4 Å². The summed E-state index contributed by atoms with van der Waals surface area (Å²) in [4.78, 5) is 31.3. The fourth-order valence-electron chi connectivity index (χ4n) is 7.41. The molecule has 4 heterocycles. The third-order valence-corrected chi connectivity index (χ3v) is 10.4. The lowest BCUT2D eigenvalue weighted by Gasteiger charge is -2.42. The Morgan fingerprint density at radius 3 is 2.52 bits per heavy atom. The van der Waals surface area contributed by atoms with Crippen LogP contribution in [-0.2, 0) is 16.0 Å². The average Bonchev–Trinajstić information content (AvgIpc) is 3.87.